The van der Waals surface area contributed by atoms with Crippen molar-refractivity contribution in [3.63, 3.8) is 0 Å². The van der Waals surface area contributed by atoms with E-state index in [9.17, 15) is 13.2 Å². The summed E-state index contributed by atoms with van der Waals surface area (Å²) in [6, 6.07) is 3.71. The lowest BCUT2D eigenvalue weighted by Crippen LogP contribution is -2.41. The van der Waals surface area contributed by atoms with Crippen LogP contribution in [0.3, 0.4) is 0 Å². The number of nitrogens with one attached hydrogen (secondary N) is 1. The van der Waals surface area contributed by atoms with Crippen LogP contribution in [0.5, 0.6) is 0 Å². The van der Waals surface area contributed by atoms with E-state index in [0.717, 1.165) is 16.4 Å². The summed E-state index contributed by atoms with van der Waals surface area (Å²) in [6.45, 7) is 1.30. The predicted octanol–water partition coefficient (Wildman–Crippen LogP) is 1.83. The standard InChI is InChI=1S/C13H19ClN2O3S3/c14-12-3-1-11(21-12)2-4-13(17)15-5-10-22(18,19)16-6-8-20-9-7-16/h1,3H,2,4-10H2,(H,15,17). The van der Waals surface area contributed by atoms with Crippen LogP contribution in [0.15, 0.2) is 12.1 Å². The fourth-order valence-corrected chi connectivity index (χ4v) is 5.66. The molecular formula is C13H19ClN2O3S3. The highest BCUT2D eigenvalue weighted by Crippen LogP contribution is 2.22. The van der Waals surface area contributed by atoms with Gasteiger partial charge in [-0.1, -0.05) is 11.6 Å². The van der Waals surface area contributed by atoms with Crippen LogP contribution in [-0.4, -0.2) is 55.5 Å². The highest BCUT2D eigenvalue weighted by molar-refractivity contribution is 7.99. The summed E-state index contributed by atoms with van der Waals surface area (Å²) in [5.74, 6) is 1.52. The molecule has 0 atom stereocenters. The molecule has 9 heteroatoms. The average Bonchev–Trinajstić information content (AvgIpc) is 2.91. The fourth-order valence-electron chi connectivity index (χ4n) is 2.08. The Balaban J connectivity index is 1.67. The first-order valence-electron chi connectivity index (χ1n) is 7.04. The third kappa shape index (κ3) is 5.73. The van der Waals surface area contributed by atoms with Crippen molar-refractivity contribution in [1.29, 1.82) is 0 Å². The molecule has 0 aliphatic carbocycles. The van der Waals surface area contributed by atoms with Gasteiger partial charge in [0.1, 0.15) is 0 Å². The van der Waals surface area contributed by atoms with Crippen molar-refractivity contribution in [3.05, 3.63) is 21.3 Å². The summed E-state index contributed by atoms with van der Waals surface area (Å²) in [6.07, 6.45) is 0.969. The summed E-state index contributed by atoms with van der Waals surface area (Å²) in [7, 11) is -3.25. The maximum absolute atomic E-state index is 12.1. The van der Waals surface area contributed by atoms with Crippen LogP contribution in [0, 0.1) is 0 Å². The van der Waals surface area contributed by atoms with E-state index in [4.69, 9.17) is 11.6 Å². The SMILES string of the molecule is O=C(CCc1ccc(Cl)s1)NCCS(=O)(=O)N1CCSCC1. The van der Waals surface area contributed by atoms with Crippen molar-refractivity contribution < 1.29 is 13.2 Å². The maximum Gasteiger partial charge on any atom is 0.220 e. The zero-order valence-electron chi connectivity index (χ0n) is 12.1. The number of sulfonamides is 1. The number of thioether (sulfide) groups is 1. The van der Waals surface area contributed by atoms with E-state index in [-0.39, 0.29) is 18.2 Å². The molecule has 0 radical (unpaired) electrons. The van der Waals surface area contributed by atoms with E-state index in [2.05, 4.69) is 5.32 Å². The molecule has 0 saturated carbocycles. The molecule has 5 nitrogen and oxygen atoms in total. The van der Waals surface area contributed by atoms with Gasteiger partial charge in [0.25, 0.3) is 0 Å². The van der Waals surface area contributed by atoms with Gasteiger partial charge in [-0.3, -0.25) is 4.79 Å². The van der Waals surface area contributed by atoms with E-state index < -0.39 is 10.0 Å². The molecule has 1 aliphatic rings. The van der Waals surface area contributed by atoms with Crippen molar-refractivity contribution in [3.8, 4) is 0 Å². The minimum absolute atomic E-state index is 0.0335. The normalized spacial score (nSPS) is 16.6. The Labute approximate surface area is 144 Å². The first-order valence-corrected chi connectivity index (χ1v) is 11.0. The largest absolute Gasteiger partial charge is 0.355 e. The minimum atomic E-state index is -3.25. The second-order valence-electron chi connectivity index (χ2n) is 4.88. The highest BCUT2D eigenvalue weighted by atomic mass is 35.5. The van der Waals surface area contributed by atoms with E-state index in [1.165, 1.54) is 15.6 Å². The molecule has 22 heavy (non-hydrogen) atoms. The first-order chi connectivity index (χ1) is 10.5. The Morgan fingerprint density at radius 2 is 2.05 bits per heavy atom. The molecule has 1 aromatic rings. The van der Waals surface area contributed by atoms with Crippen LogP contribution in [0.25, 0.3) is 0 Å². The van der Waals surface area contributed by atoms with Gasteiger partial charge < -0.3 is 5.32 Å². The van der Waals surface area contributed by atoms with Gasteiger partial charge in [0.05, 0.1) is 10.1 Å². The quantitative estimate of drug-likeness (QED) is 0.781. The summed E-state index contributed by atoms with van der Waals surface area (Å²) < 4.78 is 26.4. The summed E-state index contributed by atoms with van der Waals surface area (Å²) in [5, 5.41) is 2.68. The summed E-state index contributed by atoms with van der Waals surface area (Å²) in [5.41, 5.74) is 0. The molecular weight excluding hydrogens is 364 g/mol. The number of halogens is 1. The molecule has 1 aliphatic heterocycles. The molecule has 1 saturated heterocycles. The first kappa shape index (κ1) is 18.1. The molecule has 0 bridgehead atoms. The monoisotopic (exact) mass is 382 g/mol. The number of hydrogen-bond donors (Lipinski definition) is 1. The van der Waals surface area contributed by atoms with Crippen molar-refractivity contribution in [1.82, 2.24) is 9.62 Å². The van der Waals surface area contributed by atoms with Crippen LogP contribution in [-0.2, 0) is 21.2 Å². The van der Waals surface area contributed by atoms with E-state index in [1.54, 1.807) is 11.8 Å². The molecule has 0 aromatic carbocycles. The van der Waals surface area contributed by atoms with Crippen molar-refractivity contribution in [2.75, 3.05) is 36.9 Å². The highest BCUT2D eigenvalue weighted by Gasteiger charge is 2.23. The molecule has 0 unspecified atom stereocenters. The van der Waals surface area contributed by atoms with Crippen molar-refractivity contribution in [2.24, 2.45) is 0 Å². The van der Waals surface area contributed by atoms with Crippen LogP contribution < -0.4 is 5.32 Å². The summed E-state index contributed by atoms with van der Waals surface area (Å²) >= 11 is 9.05. The third-order valence-corrected chi connectivity index (χ3v) is 7.38. The Hall–Kier alpha value is -0.280. The number of carbonyl (C=O) groups is 1. The zero-order chi connectivity index (χ0) is 16.0. The van der Waals surface area contributed by atoms with Crippen LogP contribution in [0.4, 0.5) is 0 Å². The lowest BCUT2D eigenvalue weighted by Gasteiger charge is -2.25. The zero-order valence-corrected chi connectivity index (χ0v) is 15.3. The van der Waals surface area contributed by atoms with E-state index in [1.807, 2.05) is 12.1 Å². The van der Waals surface area contributed by atoms with Crippen LogP contribution in [0.2, 0.25) is 4.34 Å². The molecule has 0 spiro atoms. The van der Waals surface area contributed by atoms with Gasteiger partial charge in [-0.05, 0) is 18.6 Å². The predicted molar refractivity (Wildman–Crippen MR) is 93.3 cm³/mol. The Morgan fingerprint density at radius 3 is 2.68 bits per heavy atom. The maximum atomic E-state index is 12.1. The molecule has 1 amide bonds. The van der Waals surface area contributed by atoms with Crippen LogP contribution >= 0.6 is 34.7 Å². The molecule has 2 heterocycles. The number of aryl methyl sites for hydroxylation is 1. The molecule has 1 aromatic heterocycles. The van der Waals surface area contributed by atoms with E-state index >= 15 is 0 Å². The smallest absolute Gasteiger partial charge is 0.220 e. The van der Waals surface area contributed by atoms with Gasteiger partial charge in [-0.25, -0.2) is 12.7 Å². The second kappa shape index (κ2) is 8.54. The number of nitrogens with zero attached hydrogens (tertiary/aromatic N) is 1. The van der Waals surface area contributed by atoms with Crippen molar-refractivity contribution in [2.45, 2.75) is 12.8 Å². The Kier molecular flexibility index (Phi) is 7.01. The van der Waals surface area contributed by atoms with Gasteiger partial charge in [0.2, 0.25) is 15.9 Å². The molecule has 124 valence electrons. The van der Waals surface area contributed by atoms with Crippen molar-refractivity contribution >= 4 is 50.6 Å². The molecule has 1 N–H and O–H groups in total. The topological polar surface area (TPSA) is 66.5 Å². The lowest BCUT2D eigenvalue weighted by atomic mass is 10.2. The van der Waals surface area contributed by atoms with Crippen LogP contribution in [0.1, 0.15) is 11.3 Å². The van der Waals surface area contributed by atoms with Gasteiger partial charge in [0, 0.05) is 42.4 Å². The fraction of sp³-hybridized carbons (Fsp3) is 0.615. The second-order valence-corrected chi connectivity index (χ2v) is 10.00. The van der Waals surface area contributed by atoms with Gasteiger partial charge in [0.15, 0.2) is 0 Å². The van der Waals surface area contributed by atoms with Gasteiger partial charge in [-0.15, -0.1) is 11.3 Å². The Bertz CT molecular complexity index is 597. The summed E-state index contributed by atoms with van der Waals surface area (Å²) in [4.78, 5) is 12.8. The van der Waals surface area contributed by atoms with Gasteiger partial charge >= 0.3 is 0 Å². The minimum Gasteiger partial charge on any atom is -0.355 e. The lowest BCUT2D eigenvalue weighted by molar-refractivity contribution is -0.120. The third-order valence-electron chi connectivity index (χ3n) is 3.27. The number of amides is 1. The number of hydrogen-bond acceptors (Lipinski definition) is 5. The molecule has 2 rings (SSSR count). The molecule has 1 fully saturated rings. The Morgan fingerprint density at radius 1 is 1.32 bits per heavy atom. The number of thiophene rings is 1. The van der Waals surface area contributed by atoms with Gasteiger partial charge in [-0.2, -0.15) is 11.8 Å². The number of rotatable bonds is 7. The number of carbonyl (C=O) groups excluding carboxylic acids is 1. The average molecular weight is 383 g/mol. The van der Waals surface area contributed by atoms with E-state index in [0.29, 0.717) is 30.3 Å².